The highest BCUT2D eigenvalue weighted by Crippen LogP contribution is 2.16. The number of aromatic carboxylic acids is 1. The van der Waals surface area contributed by atoms with Crippen LogP contribution in [-0.2, 0) is 13.0 Å². The zero-order chi connectivity index (χ0) is 13.7. The molecule has 0 aliphatic rings. The summed E-state index contributed by atoms with van der Waals surface area (Å²) in [7, 11) is 0. The summed E-state index contributed by atoms with van der Waals surface area (Å²) >= 11 is 1.33. The number of rotatable bonds is 6. The van der Waals surface area contributed by atoms with Crippen molar-refractivity contribution in [3.63, 3.8) is 0 Å². The Bertz CT molecular complexity index is 563. The lowest BCUT2D eigenvalue weighted by Gasteiger charge is -2.06. The number of carbonyl (C=O) groups is 1. The average Bonchev–Trinajstić information content (AvgIpc) is 2.85. The Balaban J connectivity index is 1.77. The maximum Gasteiger partial charge on any atom is 0.345 e. The van der Waals surface area contributed by atoms with E-state index in [1.807, 2.05) is 12.1 Å². The van der Waals surface area contributed by atoms with Crippen LogP contribution in [0.5, 0.6) is 0 Å². The van der Waals surface area contributed by atoms with Gasteiger partial charge in [-0.2, -0.15) is 0 Å². The molecule has 0 aliphatic carbocycles. The van der Waals surface area contributed by atoms with Gasteiger partial charge in [0, 0.05) is 11.4 Å². The standard InChI is InChI=1S/C15H17NO2S/c1-11-4-2-3-5-12(11)8-9-16-10-13-6-7-14(19-13)15(17)18/h2-7,16H,8-10H2,1H3,(H,17,18). The molecule has 2 N–H and O–H groups in total. The van der Waals surface area contributed by atoms with Crippen molar-refractivity contribution in [2.75, 3.05) is 6.54 Å². The van der Waals surface area contributed by atoms with E-state index in [0.717, 1.165) is 24.4 Å². The lowest BCUT2D eigenvalue weighted by Crippen LogP contribution is -2.16. The first-order chi connectivity index (χ1) is 9.16. The maximum absolute atomic E-state index is 10.8. The molecule has 0 aliphatic heterocycles. The molecular weight excluding hydrogens is 258 g/mol. The van der Waals surface area contributed by atoms with Gasteiger partial charge in [0.05, 0.1) is 0 Å². The molecule has 2 aromatic rings. The van der Waals surface area contributed by atoms with Crippen LogP contribution in [0.1, 0.15) is 25.7 Å². The largest absolute Gasteiger partial charge is 0.477 e. The molecule has 4 heteroatoms. The first kappa shape index (κ1) is 13.8. The molecule has 0 radical (unpaired) electrons. The second-order valence-corrected chi connectivity index (χ2v) is 5.59. The van der Waals surface area contributed by atoms with Crippen molar-refractivity contribution in [3.05, 3.63) is 57.3 Å². The second-order valence-electron chi connectivity index (χ2n) is 4.42. The second kappa shape index (κ2) is 6.50. The monoisotopic (exact) mass is 275 g/mol. The van der Waals surface area contributed by atoms with Gasteiger partial charge in [-0.1, -0.05) is 24.3 Å². The summed E-state index contributed by atoms with van der Waals surface area (Å²) in [4.78, 5) is 12.2. The molecule has 0 spiro atoms. The highest BCUT2D eigenvalue weighted by Gasteiger charge is 2.06. The van der Waals surface area contributed by atoms with E-state index in [0.29, 0.717) is 4.88 Å². The van der Waals surface area contributed by atoms with Crippen LogP contribution in [0.2, 0.25) is 0 Å². The summed E-state index contributed by atoms with van der Waals surface area (Å²) in [5, 5.41) is 12.2. The fourth-order valence-electron chi connectivity index (χ4n) is 1.91. The zero-order valence-electron chi connectivity index (χ0n) is 10.8. The van der Waals surface area contributed by atoms with Crippen molar-refractivity contribution < 1.29 is 9.90 Å². The Morgan fingerprint density at radius 2 is 2.05 bits per heavy atom. The Morgan fingerprint density at radius 3 is 2.74 bits per heavy atom. The molecule has 0 saturated heterocycles. The van der Waals surface area contributed by atoms with E-state index < -0.39 is 5.97 Å². The van der Waals surface area contributed by atoms with E-state index in [-0.39, 0.29) is 0 Å². The first-order valence-corrected chi connectivity index (χ1v) is 7.05. The summed E-state index contributed by atoms with van der Waals surface area (Å²) in [5.41, 5.74) is 2.67. The van der Waals surface area contributed by atoms with Gasteiger partial charge in [0.15, 0.2) is 0 Å². The van der Waals surface area contributed by atoms with Crippen molar-refractivity contribution >= 4 is 17.3 Å². The van der Waals surface area contributed by atoms with Crippen LogP contribution in [-0.4, -0.2) is 17.6 Å². The highest BCUT2D eigenvalue weighted by molar-refractivity contribution is 7.13. The topological polar surface area (TPSA) is 49.3 Å². The van der Waals surface area contributed by atoms with Gasteiger partial charge in [-0.3, -0.25) is 0 Å². The molecule has 0 atom stereocenters. The average molecular weight is 275 g/mol. The van der Waals surface area contributed by atoms with E-state index >= 15 is 0 Å². The quantitative estimate of drug-likeness (QED) is 0.796. The van der Waals surface area contributed by atoms with Gasteiger partial charge in [0.1, 0.15) is 4.88 Å². The number of carboxylic acids is 1. The van der Waals surface area contributed by atoms with E-state index in [4.69, 9.17) is 5.11 Å². The number of aryl methyl sites for hydroxylation is 1. The zero-order valence-corrected chi connectivity index (χ0v) is 11.7. The fourth-order valence-corrected chi connectivity index (χ4v) is 2.73. The minimum Gasteiger partial charge on any atom is -0.477 e. The van der Waals surface area contributed by atoms with Gasteiger partial charge in [0.25, 0.3) is 0 Å². The summed E-state index contributed by atoms with van der Waals surface area (Å²) in [6.45, 7) is 3.74. The van der Waals surface area contributed by atoms with Gasteiger partial charge in [0.2, 0.25) is 0 Å². The number of nitrogens with one attached hydrogen (secondary N) is 1. The molecule has 0 unspecified atom stereocenters. The van der Waals surface area contributed by atoms with Crippen LogP contribution in [0, 0.1) is 6.92 Å². The molecule has 100 valence electrons. The Morgan fingerprint density at radius 1 is 1.26 bits per heavy atom. The third kappa shape index (κ3) is 3.91. The maximum atomic E-state index is 10.8. The normalized spacial score (nSPS) is 10.6. The number of benzene rings is 1. The number of hydrogen-bond acceptors (Lipinski definition) is 3. The van der Waals surface area contributed by atoms with E-state index in [2.05, 4.69) is 30.4 Å². The third-order valence-electron chi connectivity index (χ3n) is 3.00. The van der Waals surface area contributed by atoms with E-state index in [1.165, 1.54) is 22.5 Å². The molecular formula is C15H17NO2S. The predicted octanol–water partition coefficient (Wildman–Crippen LogP) is 3.09. The smallest absolute Gasteiger partial charge is 0.345 e. The van der Waals surface area contributed by atoms with Crippen molar-refractivity contribution in [1.29, 1.82) is 0 Å². The Labute approximate surface area is 116 Å². The third-order valence-corrected chi connectivity index (χ3v) is 4.08. The molecule has 1 heterocycles. The molecule has 2 rings (SSSR count). The van der Waals surface area contributed by atoms with Gasteiger partial charge < -0.3 is 10.4 Å². The molecule has 0 saturated carbocycles. The summed E-state index contributed by atoms with van der Waals surface area (Å²) in [6, 6.07) is 11.9. The number of carboxylic acid groups (broad SMARTS) is 1. The van der Waals surface area contributed by atoms with Crippen LogP contribution in [0.15, 0.2) is 36.4 Å². The van der Waals surface area contributed by atoms with Crippen LogP contribution in [0.4, 0.5) is 0 Å². The highest BCUT2D eigenvalue weighted by atomic mass is 32.1. The molecule has 19 heavy (non-hydrogen) atoms. The van der Waals surface area contributed by atoms with Crippen molar-refractivity contribution in [1.82, 2.24) is 5.32 Å². The molecule has 0 bridgehead atoms. The van der Waals surface area contributed by atoms with Gasteiger partial charge in [-0.25, -0.2) is 4.79 Å². The van der Waals surface area contributed by atoms with Gasteiger partial charge in [-0.05, 0) is 43.1 Å². The minimum atomic E-state index is -0.851. The summed E-state index contributed by atoms with van der Waals surface area (Å²) in [6.07, 6.45) is 0.990. The summed E-state index contributed by atoms with van der Waals surface area (Å²) < 4.78 is 0. The van der Waals surface area contributed by atoms with E-state index in [9.17, 15) is 4.79 Å². The van der Waals surface area contributed by atoms with Gasteiger partial charge >= 0.3 is 5.97 Å². The van der Waals surface area contributed by atoms with Crippen molar-refractivity contribution in [2.24, 2.45) is 0 Å². The number of thiophene rings is 1. The predicted molar refractivity (Wildman–Crippen MR) is 77.9 cm³/mol. The first-order valence-electron chi connectivity index (χ1n) is 6.24. The molecule has 0 amide bonds. The molecule has 1 aromatic carbocycles. The van der Waals surface area contributed by atoms with Crippen LogP contribution >= 0.6 is 11.3 Å². The van der Waals surface area contributed by atoms with Gasteiger partial charge in [-0.15, -0.1) is 11.3 Å². The van der Waals surface area contributed by atoms with Crippen molar-refractivity contribution in [3.8, 4) is 0 Å². The number of hydrogen-bond donors (Lipinski definition) is 2. The minimum absolute atomic E-state index is 0.399. The van der Waals surface area contributed by atoms with Crippen LogP contribution < -0.4 is 5.32 Å². The van der Waals surface area contributed by atoms with Crippen LogP contribution in [0.3, 0.4) is 0 Å². The van der Waals surface area contributed by atoms with Crippen LogP contribution in [0.25, 0.3) is 0 Å². The van der Waals surface area contributed by atoms with E-state index in [1.54, 1.807) is 6.07 Å². The molecule has 3 nitrogen and oxygen atoms in total. The summed E-state index contributed by atoms with van der Waals surface area (Å²) in [5.74, 6) is -0.851. The Kier molecular flexibility index (Phi) is 4.71. The molecule has 0 fully saturated rings. The Hall–Kier alpha value is -1.65. The lowest BCUT2D eigenvalue weighted by molar-refractivity contribution is 0.0702. The fraction of sp³-hybridized carbons (Fsp3) is 0.267. The SMILES string of the molecule is Cc1ccccc1CCNCc1ccc(C(=O)O)s1. The lowest BCUT2D eigenvalue weighted by atomic mass is 10.1. The van der Waals surface area contributed by atoms with Crippen molar-refractivity contribution in [2.45, 2.75) is 19.9 Å². The molecule has 1 aromatic heterocycles.